The molecule has 0 aliphatic rings. The fourth-order valence-corrected chi connectivity index (χ4v) is 4.24. The quantitative estimate of drug-likeness (QED) is 0.297. The van der Waals surface area contributed by atoms with Crippen LogP contribution in [0.3, 0.4) is 0 Å². The molecule has 1 aromatic heterocycles. The number of hydrogen-bond donors (Lipinski definition) is 1. The van der Waals surface area contributed by atoms with Crippen molar-refractivity contribution in [1.82, 2.24) is 14.8 Å². The van der Waals surface area contributed by atoms with Crippen LogP contribution in [-0.2, 0) is 11.2 Å². The van der Waals surface area contributed by atoms with E-state index in [0.717, 1.165) is 28.9 Å². The van der Waals surface area contributed by atoms with Crippen LogP contribution in [0.2, 0.25) is 5.02 Å². The third kappa shape index (κ3) is 5.95. The lowest BCUT2D eigenvalue weighted by atomic mass is 10.1. The molecule has 0 spiro atoms. The van der Waals surface area contributed by atoms with Gasteiger partial charge < -0.3 is 10.1 Å². The fraction of sp³-hybridized carbons (Fsp3) is 0.160. The van der Waals surface area contributed by atoms with E-state index in [1.54, 1.807) is 0 Å². The molecule has 34 heavy (non-hydrogen) atoms. The molecule has 4 aromatic rings. The van der Waals surface area contributed by atoms with Crippen LogP contribution in [0.4, 0.5) is 10.1 Å². The average Bonchev–Trinajstić information content (AvgIpc) is 3.23. The molecule has 0 aliphatic carbocycles. The zero-order valence-corrected chi connectivity index (χ0v) is 19.9. The summed E-state index contributed by atoms with van der Waals surface area (Å²) in [4.78, 5) is 12.5. The van der Waals surface area contributed by atoms with Crippen molar-refractivity contribution in [3.05, 3.63) is 95.0 Å². The summed E-state index contributed by atoms with van der Waals surface area (Å²) < 4.78 is 21.5. The number of rotatable bonds is 9. The van der Waals surface area contributed by atoms with Gasteiger partial charge in [0.05, 0.1) is 18.0 Å². The molecule has 0 unspecified atom stereocenters. The minimum absolute atomic E-state index is 0.0303. The van der Waals surface area contributed by atoms with E-state index in [1.165, 1.54) is 23.9 Å². The topological polar surface area (TPSA) is 69.0 Å². The standard InChI is InChI=1S/C25H22ClFN4O2S/c1-2-33-20-11-9-19(10-12-20)31-23(14-17-6-4-3-5-7-17)29-30-25(31)34-16-24(32)28-22-13-8-18(26)15-21(22)27/h3-13,15H,2,14,16H2,1H3,(H,28,32). The molecule has 0 radical (unpaired) electrons. The molecule has 1 N–H and O–H groups in total. The second-order valence-electron chi connectivity index (χ2n) is 7.28. The Hall–Kier alpha value is -3.36. The molecule has 0 saturated carbocycles. The number of ether oxygens (including phenoxy) is 1. The van der Waals surface area contributed by atoms with Gasteiger partial charge in [0.25, 0.3) is 0 Å². The first-order valence-electron chi connectivity index (χ1n) is 10.6. The Morgan fingerprint density at radius 1 is 1.09 bits per heavy atom. The molecule has 174 valence electrons. The second-order valence-corrected chi connectivity index (χ2v) is 8.66. The van der Waals surface area contributed by atoms with Gasteiger partial charge in [-0.1, -0.05) is 53.7 Å². The number of anilines is 1. The number of amides is 1. The van der Waals surface area contributed by atoms with E-state index in [4.69, 9.17) is 16.3 Å². The number of benzene rings is 3. The molecule has 0 fully saturated rings. The molecule has 9 heteroatoms. The van der Waals surface area contributed by atoms with Gasteiger partial charge in [0.1, 0.15) is 17.4 Å². The second kappa shape index (κ2) is 11.2. The normalized spacial score (nSPS) is 10.8. The predicted molar refractivity (Wildman–Crippen MR) is 133 cm³/mol. The van der Waals surface area contributed by atoms with Gasteiger partial charge in [-0.15, -0.1) is 10.2 Å². The molecule has 6 nitrogen and oxygen atoms in total. The number of nitrogens with zero attached hydrogens (tertiary/aromatic N) is 3. The monoisotopic (exact) mass is 496 g/mol. The number of carbonyl (C=O) groups is 1. The van der Waals surface area contributed by atoms with Crippen molar-refractivity contribution in [2.75, 3.05) is 17.7 Å². The number of nitrogens with one attached hydrogen (secondary N) is 1. The SMILES string of the molecule is CCOc1ccc(-n2c(Cc3ccccc3)nnc2SCC(=O)Nc2ccc(Cl)cc2F)cc1. The van der Waals surface area contributed by atoms with Gasteiger partial charge in [-0.25, -0.2) is 4.39 Å². The van der Waals surface area contributed by atoms with Gasteiger partial charge >= 0.3 is 0 Å². The molecule has 0 saturated heterocycles. The molecule has 1 heterocycles. The summed E-state index contributed by atoms with van der Waals surface area (Å²) in [5.74, 6) is 0.581. The number of halogens is 2. The van der Waals surface area contributed by atoms with Gasteiger partial charge in [-0.05, 0) is 55.0 Å². The third-order valence-corrected chi connectivity index (χ3v) is 6.01. The first-order valence-corrected chi connectivity index (χ1v) is 12.0. The van der Waals surface area contributed by atoms with E-state index in [9.17, 15) is 9.18 Å². The number of carbonyl (C=O) groups excluding carboxylic acids is 1. The first-order chi connectivity index (χ1) is 16.5. The largest absolute Gasteiger partial charge is 0.494 e. The summed E-state index contributed by atoms with van der Waals surface area (Å²) in [6.07, 6.45) is 0.573. The van der Waals surface area contributed by atoms with Crippen molar-refractivity contribution in [3.8, 4) is 11.4 Å². The molecule has 4 rings (SSSR count). The van der Waals surface area contributed by atoms with E-state index in [2.05, 4.69) is 15.5 Å². The van der Waals surface area contributed by atoms with Crippen molar-refractivity contribution in [3.63, 3.8) is 0 Å². The highest BCUT2D eigenvalue weighted by atomic mass is 35.5. The Kier molecular flexibility index (Phi) is 7.82. The van der Waals surface area contributed by atoms with Crippen molar-refractivity contribution in [2.24, 2.45) is 0 Å². The van der Waals surface area contributed by atoms with E-state index < -0.39 is 5.82 Å². The van der Waals surface area contributed by atoms with Gasteiger partial charge in [0.2, 0.25) is 5.91 Å². The van der Waals surface area contributed by atoms with Gasteiger partial charge in [0.15, 0.2) is 5.16 Å². The summed E-state index contributed by atoms with van der Waals surface area (Å²) in [7, 11) is 0. The average molecular weight is 497 g/mol. The first kappa shape index (κ1) is 23.8. The maximum absolute atomic E-state index is 14.0. The lowest BCUT2D eigenvalue weighted by molar-refractivity contribution is -0.113. The molecule has 0 aliphatic heterocycles. The Morgan fingerprint density at radius 2 is 1.85 bits per heavy atom. The van der Waals surface area contributed by atoms with Crippen molar-refractivity contribution in [2.45, 2.75) is 18.5 Å². The minimum atomic E-state index is -0.589. The van der Waals surface area contributed by atoms with Crippen molar-refractivity contribution < 1.29 is 13.9 Å². The Labute approximate surface area is 206 Å². The predicted octanol–water partition coefficient (Wildman–Crippen LogP) is 5.78. The van der Waals surface area contributed by atoms with E-state index in [1.807, 2.05) is 66.1 Å². The highest BCUT2D eigenvalue weighted by molar-refractivity contribution is 7.99. The molecular formula is C25H22ClFN4O2S. The van der Waals surface area contributed by atoms with Crippen LogP contribution in [0.25, 0.3) is 5.69 Å². The zero-order valence-electron chi connectivity index (χ0n) is 18.4. The van der Waals surface area contributed by atoms with Gasteiger partial charge in [-0.3, -0.25) is 9.36 Å². The Balaban J connectivity index is 1.55. The Bertz CT molecular complexity index is 1270. The summed E-state index contributed by atoms with van der Waals surface area (Å²) in [6.45, 7) is 2.51. The summed E-state index contributed by atoms with van der Waals surface area (Å²) in [5.41, 5.74) is 2.02. The van der Waals surface area contributed by atoms with E-state index >= 15 is 0 Å². The van der Waals surface area contributed by atoms with Gasteiger partial charge in [-0.2, -0.15) is 0 Å². The minimum Gasteiger partial charge on any atom is -0.494 e. The van der Waals surface area contributed by atoms with Crippen molar-refractivity contribution >= 4 is 35.0 Å². The molecule has 0 atom stereocenters. The highest BCUT2D eigenvalue weighted by Gasteiger charge is 2.17. The fourth-order valence-electron chi connectivity index (χ4n) is 3.31. The van der Waals surface area contributed by atoms with Crippen LogP contribution >= 0.6 is 23.4 Å². The zero-order chi connectivity index (χ0) is 23.9. The smallest absolute Gasteiger partial charge is 0.234 e. The number of thioether (sulfide) groups is 1. The van der Waals surface area contributed by atoms with Crippen molar-refractivity contribution in [1.29, 1.82) is 0 Å². The van der Waals surface area contributed by atoms with Crippen LogP contribution in [-0.4, -0.2) is 33.0 Å². The number of hydrogen-bond acceptors (Lipinski definition) is 5. The molecular weight excluding hydrogens is 475 g/mol. The van der Waals surface area contributed by atoms with E-state index in [-0.39, 0.29) is 22.4 Å². The van der Waals surface area contributed by atoms with E-state index in [0.29, 0.717) is 18.2 Å². The maximum Gasteiger partial charge on any atom is 0.234 e. The lowest BCUT2D eigenvalue weighted by Gasteiger charge is -2.12. The highest BCUT2D eigenvalue weighted by Crippen LogP contribution is 2.26. The van der Waals surface area contributed by atoms with Crippen LogP contribution in [0.1, 0.15) is 18.3 Å². The maximum atomic E-state index is 14.0. The summed E-state index contributed by atoms with van der Waals surface area (Å²) in [6, 6.07) is 21.7. The van der Waals surface area contributed by atoms with Crippen LogP contribution in [0, 0.1) is 5.82 Å². The number of aromatic nitrogens is 3. The van der Waals surface area contributed by atoms with Crippen LogP contribution in [0.5, 0.6) is 5.75 Å². The van der Waals surface area contributed by atoms with Crippen LogP contribution < -0.4 is 10.1 Å². The van der Waals surface area contributed by atoms with Gasteiger partial charge in [0, 0.05) is 17.1 Å². The van der Waals surface area contributed by atoms with Crippen LogP contribution in [0.15, 0.2) is 78.0 Å². The third-order valence-electron chi connectivity index (χ3n) is 4.85. The summed E-state index contributed by atoms with van der Waals surface area (Å²) in [5, 5.41) is 12.1. The Morgan fingerprint density at radius 3 is 2.56 bits per heavy atom. The molecule has 3 aromatic carbocycles. The lowest BCUT2D eigenvalue weighted by Crippen LogP contribution is -2.15. The molecule has 1 amide bonds. The summed E-state index contributed by atoms with van der Waals surface area (Å²) >= 11 is 7.00. The molecule has 0 bridgehead atoms.